The largest absolute Gasteiger partial charge is 0.478 e. The normalized spacial score (nSPS) is 10.4. The van der Waals surface area contributed by atoms with Gasteiger partial charge in [0.25, 0.3) is 0 Å². The lowest BCUT2D eigenvalue weighted by molar-refractivity contribution is 0.0690. The van der Waals surface area contributed by atoms with Crippen molar-refractivity contribution in [2.24, 2.45) is 0 Å². The van der Waals surface area contributed by atoms with Crippen molar-refractivity contribution in [2.45, 2.75) is 38.6 Å². The van der Waals surface area contributed by atoms with Gasteiger partial charge < -0.3 is 5.11 Å². The minimum atomic E-state index is -0.948. The molecule has 0 aromatic carbocycles. The molecular formula is C11H16N2O2S. The highest BCUT2D eigenvalue weighted by Crippen LogP contribution is 2.23. The summed E-state index contributed by atoms with van der Waals surface area (Å²) in [4.78, 5) is 19.4. The van der Waals surface area contributed by atoms with E-state index in [1.807, 2.05) is 0 Å². The molecule has 0 bridgehead atoms. The maximum absolute atomic E-state index is 11.1. The van der Waals surface area contributed by atoms with Gasteiger partial charge in [0.05, 0.1) is 5.69 Å². The SMILES string of the molecule is CCCCSc1nc(C)nc(C)c1C(=O)O. The molecule has 16 heavy (non-hydrogen) atoms. The first-order valence-corrected chi connectivity index (χ1v) is 6.26. The van der Waals surface area contributed by atoms with Gasteiger partial charge in [0.2, 0.25) is 0 Å². The zero-order chi connectivity index (χ0) is 12.1. The summed E-state index contributed by atoms with van der Waals surface area (Å²) in [5, 5.41) is 9.69. The predicted molar refractivity (Wildman–Crippen MR) is 64.1 cm³/mol. The Hall–Kier alpha value is -1.10. The summed E-state index contributed by atoms with van der Waals surface area (Å²) >= 11 is 1.50. The van der Waals surface area contributed by atoms with Gasteiger partial charge in [0.15, 0.2) is 0 Å². The molecule has 88 valence electrons. The minimum absolute atomic E-state index is 0.242. The molecular weight excluding hydrogens is 224 g/mol. The van der Waals surface area contributed by atoms with Gasteiger partial charge in [-0.3, -0.25) is 0 Å². The summed E-state index contributed by atoms with van der Waals surface area (Å²) in [7, 11) is 0. The number of carboxylic acid groups (broad SMARTS) is 1. The highest BCUT2D eigenvalue weighted by Gasteiger charge is 2.16. The van der Waals surface area contributed by atoms with Gasteiger partial charge in [-0.25, -0.2) is 14.8 Å². The first-order valence-electron chi connectivity index (χ1n) is 5.27. The molecule has 0 amide bonds. The Balaban J connectivity index is 2.99. The monoisotopic (exact) mass is 240 g/mol. The standard InChI is InChI=1S/C11H16N2O2S/c1-4-5-6-16-10-9(11(14)15)7(2)12-8(3)13-10/h4-6H2,1-3H3,(H,14,15). The number of hydrogen-bond acceptors (Lipinski definition) is 4. The average Bonchev–Trinajstić information content (AvgIpc) is 2.16. The Kier molecular flexibility index (Phi) is 4.73. The number of carboxylic acids is 1. The van der Waals surface area contributed by atoms with Crippen LogP contribution in [-0.4, -0.2) is 26.8 Å². The van der Waals surface area contributed by atoms with Gasteiger partial charge in [-0.1, -0.05) is 13.3 Å². The summed E-state index contributed by atoms with van der Waals surface area (Å²) in [6, 6.07) is 0. The topological polar surface area (TPSA) is 63.1 Å². The molecule has 0 fully saturated rings. The number of unbranched alkanes of at least 4 members (excludes halogenated alkanes) is 1. The van der Waals surface area contributed by atoms with Crippen molar-refractivity contribution in [1.29, 1.82) is 0 Å². The van der Waals surface area contributed by atoms with Crippen LogP contribution in [0.2, 0.25) is 0 Å². The molecule has 0 spiro atoms. The second kappa shape index (κ2) is 5.84. The molecule has 0 radical (unpaired) electrons. The summed E-state index contributed by atoms with van der Waals surface area (Å²) < 4.78 is 0. The van der Waals surface area contributed by atoms with Gasteiger partial charge >= 0.3 is 5.97 Å². The van der Waals surface area contributed by atoms with E-state index < -0.39 is 5.97 Å². The first kappa shape index (κ1) is 13.0. The number of carbonyl (C=O) groups is 1. The van der Waals surface area contributed by atoms with Crippen LogP contribution in [0, 0.1) is 13.8 Å². The molecule has 4 nitrogen and oxygen atoms in total. The van der Waals surface area contributed by atoms with E-state index in [9.17, 15) is 4.79 Å². The fourth-order valence-corrected chi connectivity index (χ4v) is 2.55. The van der Waals surface area contributed by atoms with Crippen molar-refractivity contribution in [3.05, 3.63) is 17.1 Å². The molecule has 1 N–H and O–H groups in total. The Labute approximate surface area is 99.5 Å². The van der Waals surface area contributed by atoms with Crippen molar-refractivity contribution >= 4 is 17.7 Å². The number of aryl methyl sites for hydroxylation is 2. The minimum Gasteiger partial charge on any atom is -0.478 e. The second-order valence-corrected chi connectivity index (χ2v) is 4.63. The van der Waals surface area contributed by atoms with Crippen LogP contribution < -0.4 is 0 Å². The third-order valence-electron chi connectivity index (χ3n) is 2.12. The van der Waals surface area contributed by atoms with Crippen molar-refractivity contribution in [3.8, 4) is 0 Å². The van der Waals surface area contributed by atoms with Gasteiger partial charge in [0, 0.05) is 0 Å². The maximum Gasteiger partial charge on any atom is 0.340 e. The van der Waals surface area contributed by atoms with E-state index in [1.165, 1.54) is 11.8 Å². The molecule has 0 unspecified atom stereocenters. The molecule has 0 saturated heterocycles. The van der Waals surface area contributed by atoms with Crippen LogP contribution in [0.1, 0.15) is 41.6 Å². The van der Waals surface area contributed by atoms with E-state index in [0.717, 1.165) is 18.6 Å². The molecule has 0 aliphatic heterocycles. The molecule has 0 saturated carbocycles. The number of thioether (sulfide) groups is 1. The zero-order valence-electron chi connectivity index (χ0n) is 9.78. The smallest absolute Gasteiger partial charge is 0.340 e. The van der Waals surface area contributed by atoms with Crippen LogP contribution in [0.25, 0.3) is 0 Å². The van der Waals surface area contributed by atoms with E-state index in [1.54, 1.807) is 13.8 Å². The lowest BCUT2D eigenvalue weighted by Gasteiger charge is -2.07. The van der Waals surface area contributed by atoms with Gasteiger partial charge in [-0.05, 0) is 26.0 Å². The van der Waals surface area contributed by atoms with Crippen molar-refractivity contribution in [2.75, 3.05) is 5.75 Å². The third kappa shape index (κ3) is 3.20. The summed E-state index contributed by atoms with van der Waals surface area (Å²) in [6.45, 7) is 5.60. The van der Waals surface area contributed by atoms with Crippen molar-refractivity contribution < 1.29 is 9.90 Å². The third-order valence-corrected chi connectivity index (χ3v) is 3.18. The molecule has 1 aromatic rings. The van der Waals surface area contributed by atoms with Crippen LogP contribution in [0.4, 0.5) is 0 Å². The fourth-order valence-electron chi connectivity index (χ4n) is 1.35. The highest BCUT2D eigenvalue weighted by molar-refractivity contribution is 7.99. The highest BCUT2D eigenvalue weighted by atomic mass is 32.2. The number of aromatic nitrogens is 2. The fraction of sp³-hybridized carbons (Fsp3) is 0.545. The van der Waals surface area contributed by atoms with Gasteiger partial charge in [-0.15, -0.1) is 11.8 Å². The Morgan fingerprint density at radius 2 is 2.06 bits per heavy atom. The Bertz CT molecular complexity index is 394. The van der Waals surface area contributed by atoms with Crippen LogP contribution in [0.3, 0.4) is 0 Å². The number of nitrogens with zero attached hydrogens (tertiary/aromatic N) is 2. The Morgan fingerprint density at radius 3 is 2.62 bits per heavy atom. The van der Waals surface area contributed by atoms with E-state index in [0.29, 0.717) is 16.5 Å². The number of hydrogen-bond donors (Lipinski definition) is 1. The van der Waals surface area contributed by atoms with E-state index in [-0.39, 0.29) is 5.56 Å². The number of aromatic carboxylic acids is 1. The second-order valence-electron chi connectivity index (χ2n) is 3.54. The lowest BCUT2D eigenvalue weighted by Crippen LogP contribution is -2.08. The van der Waals surface area contributed by atoms with E-state index >= 15 is 0 Å². The molecule has 1 aromatic heterocycles. The first-order chi connectivity index (χ1) is 7.56. The van der Waals surface area contributed by atoms with Crippen LogP contribution in [-0.2, 0) is 0 Å². The summed E-state index contributed by atoms with van der Waals surface area (Å²) in [5.41, 5.74) is 0.783. The predicted octanol–water partition coefficient (Wildman–Crippen LogP) is 2.68. The molecule has 1 heterocycles. The van der Waals surface area contributed by atoms with Crippen molar-refractivity contribution in [3.63, 3.8) is 0 Å². The molecule has 0 aliphatic rings. The van der Waals surface area contributed by atoms with Gasteiger partial charge in [0.1, 0.15) is 16.4 Å². The van der Waals surface area contributed by atoms with E-state index in [4.69, 9.17) is 5.11 Å². The zero-order valence-corrected chi connectivity index (χ0v) is 10.6. The quantitative estimate of drug-likeness (QED) is 0.487. The van der Waals surface area contributed by atoms with E-state index in [2.05, 4.69) is 16.9 Å². The average molecular weight is 240 g/mol. The van der Waals surface area contributed by atoms with Gasteiger partial charge in [-0.2, -0.15) is 0 Å². The maximum atomic E-state index is 11.1. The molecule has 0 atom stereocenters. The molecule has 0 aliphatic carbocycles. The summed E-state index contributed by atoms with van der Waals surface area (Å²) in [5.74, 6) is 0.574. The molecule has 1 rings (SSSR count). The lowest BCUT2D eigenvalue weighted by atomic mass is 10.2. The summed E-state index contributed by atoms with van der Waals surface area (Å²) in [6.07, 6.45) is 2.16. The number of rotatable bonds is 5. The van der Waals surface area contributed by atoms with Crippen LogP contribution in [0.15, 0.2) is 5.03 Å². The van der Waals surface area contributed by atoms with Crippen LogP contribution in [0.5, 0.6) is 0 Å². The van der Waals surface area contributed by atoms with Crippen molar-refractivity contribution in [1.82, 2.24) is 9.97 Å². The Morgan fingerprint density at radius 1 is 1.38 bits per heavy atom. The molecule has 5 heteroatoms. The van der Waals surface area contributed by atoms with Crippen LogP contribution >= 0.6 is 11.8 Å².